The number of esters is 3. The molecule has 1 heterocycles. The van der Waals surface area contributed by atoms with Crippen molar-refractivity contribution in [3.05, 3.63) is 82.9 Å². The second-order valence-corrected chi connectivity index (χ2v) is 22.4. The minimum atomic E-state index is -2.44. The van der Waals surface area contributed by atoms with E-state index in [2.05, 4.69) is 10.6 Å². The van der Waals surface area contributed by atoms with E-state index in [0.29, 0.717) is 18.8 Å². The maximum Gasteiger partial charge on any atom is 0.509 e. The number of aliphatic hydroxyl groups is 3. The van der Waals surface area contributed by atoms with Crippen LogP contribution in [0.4, 0.5) is 9.59 Å². The normalized spacial score (nSPS) is 30.0. The lowest BCUT2D eigenvalue weighted by atomic mass is 9.44. The average molecular weight is 1020 g/mol. The molecule has 70 heavy (non-hydrogen) atoms. The van der Waals surface area contributed by atoms with E-state index in [1.54, 1.807) is 69.3 Å². The first-order valence-electron chi connectivity index (χ1n) is 23.9. The van der Waals surface area contributed by atoms with E-state index in [4.69, 9.17) is 34.5 Å². The van der Waals surface area contributed by atoms with Crippen LogP contribution in [-0.4, -0.2) is 142 Å². The molecule has 4 aliphatic rings. The highest BCUT2D eigenvalue weighted by Gasteiger charge is 2.78. The van der Waals surface area contributed by atoms with Crippen LogP contribution in [0.1, 0.15) is 98.5 Å². The van der Waals surface area contributed by atoms with Gasteiger partial charge in [-0.2, -0.15) is 0 Å². The number of hydrogen-bond donors (Lipinski definition) is 5. The van der Waals surface area contributed by atoms with Crippen molar-refractivity contribution in [1.82, 2.24) is 10.6 Å². The first-order valence-corrected chi connectivity index (χ1v) is 25.7. The first-order chi connectivity index (χ1) is 33.4. The van der Waals surface area contributed by atoms with Gasteiger partial charge in [0, 0.05) is 44.6 Å². The summed E-state index contributed by atoms with van der Waals surface area (Å²) in [4.78, 5) is 84.7. The number of nitrogens with one attached hydrogen (secondary N) is 2. The zero-order valence-corrected chi connectivity index (χ0v) is 42.4. The molecule has 0 radical (unpaired) electrons. The number of carbonyl (C=O) groups excluding carboxylic acids is 6. The van der Waals surface area contributed by atoms with Gasteiger partial charge in [-0.25, -0.2) is 19.2 Å². The van der Waals surface area contributed by atoms with Crippen molar-refractivity contribution in [2.45, 2.75) is 135 Å². The smallest absolute Gasteiger partial charge is 0.455 e. The molecule has 2 aromatic carbocycles. The Bertz CT molecular complexity index is 2300. The van der Waals surface area contributed by atoms with Gasteiger partial charge >= 0.3 is 30.2 Å². The van der Waals surface area contributed by atoms with E-state index >= 15 is 9.59 Å². The van der Waals surface area contributed by atoms with Gasteiger partial charge in [0.1, 0.15) is 48.3 Å². The Morgan fingerprint density at radius 3 is 2.24 bits per heavy atom. The van der Waals surface area contributed by atoms with E-state index in [1.165, 1.54) is 61.4 Å². The van der Waals surface area contributed by atoms with Gasteiger partial charge in [-0.15, -0.1) is 0 Å². The number of amides is 1. The Labute approximate surface area is 417 Å². The Morgan fingerprint density at radius 1 is 0.971 bits per heavy atom. The first kappa shape index (κ1) is 53.1. The fourth-order valence-electron chi connectivity index (χ4n) is 10.3. The van der Waals surface area contributed by atoms with Crippen molar-refractivity contribution < 1.29 is 78.6 Å². The highest BCUT2D eigenvalue weighted by atomic mass is 33.1. The van der Waals surface area contributed by atoms with Crippen LogP contribution < -0.4 is 10.6 Å². The largest absolute Gasteiger partial charge is 0.509 e. The molecule has 11 atom stereocenters. The van der Waals surface area contributed by atoms with Crippen LogP contribution in [0.15, 0.2) is 71.8 Å². The summed E-state index contributed by atoms with van der Waals surface area (Å²) >= 11 is 0. The number of benzene rings is 2. The standard InChI is InChI=1S/C50H66N2O16S2/c1-10-51-21-23-69-70-24-22-62-45(60)65-38(36(30-17-13-11-14-18-30)52-44(59)68-46(4,5)6)43(58)64-32-26-50(61)41(66-42(57)31-19-15-12-16-20-31)39-48(9,40(56)37(55)35(28(32)2)47(50,7)8)33(54)25-34-49(39,27-63-34)67-29(3)53/h11-20,32-34,36-39,41,51,54-55,61H,10,21-27H2,1-9H3,(H,52,59)/t32-,33-,34+,36-,37+,38?,39?,41?,48+,49-,50+/m0/s1/i1T. The van der Waals surface area contributed by atoms with Gasteiger partial charge < -0.3 is 59.1 Å². The minimum Gasteiger partial charge on any atom is -0.455 e. The van der Waals surface area contributed by atoms with Crippen LogP contribution >= 0.6 is 21.6 Å². The Hall–Kier alpha value is -4.70. The van der Waals surface area contributed by atoms with E-state index in [0.717, 1.165) is 12.7 Å². The topological polar surface area (TPSA) is 252 Å². The summed E-state index contributed by atoms with van der Waals surface area (Å²) < 4.78 is 48.6. The molecule has 1 amide bonds. The molecule has 2 bridgehead atoms. The monoisotopic (exact) mass is 1020 g/mol. The molecule has 2 saturated carbocycles. The molecule has 5 N–H and O–H groups in total. The zero-order chi connectivity index (χ0) is 52.1. The number of rotatable bonds is 17. The summed E-state index contributed by atoms with van der Waals surface area (Å²) in [5, 5.41) is 43.9. The molecule has 3 aliphatic carbocycles. The van der Waals surface area contributed by atoms with Crippen molar-refractivity contribution in [2.24, 2.45) is 16.7 Å². The average Bonchev–Trinajstić information content (AvgIpc) is 3.30. The van der Waals surface area contributed by atoms with Crippen molar-refractivity contribution in [3.8, 4) is 0 Å². The molecule has 6 rings (SSSR count). The van der Waals surface area contributed by atoms with Crippen LogP contribution in [0.25, 0.3) is 0 Å². The number of Topliss-reactive ketones (excluding diaryl/α,β-unsaturated/α-hetero) is 1. The quantitative estimate of drug-likeness (QED) is 0.0437. The van der Waals surface area contributed by atoms with Crippen molar-refractivity contribution in [2.75, 3.05) is 37.8 Å². The summed E-state index contributed by atoms with van der Waals surface area (Å²) in [6, 6.07) is 14.4. The van der Waals surface area contributed by atoms with Gasteiger partial charge in [0.2, 0.25) is 6.10 Å². The summed E-state index contributed by atoms with van der Waals surface area (Å²) in [5.41, 5.74) is -8.67. The van der Waals surface area contributed by atoms with Crippen LogP contribution in [0.2, 0.25) is 0 Å². The van der Waals surface area contributed by atoms with Gasteiger partial charge in [-0.1, -0.05) is 90.9 Å². The molecular weight excluding hydrogens is 949 g/mol. The molecule has 20 heteroatoms. The molecule has 1 saturated heterocycles. The molecule has 2 aromatic rings. The highest BCUT2D eigenvalue weighted by Crippen LogP contribution is 2.64. The third-order valence-electron chi connectivity index (χ3n) is 13.8. The summed E-state index contributed by atoms with van der Waals surface area (Å²) in [6.07, 6.45) is -13.2. The number of ketones is 1. The second kappa shape index (κ2) is 22.0. The Morgan fingerprint density at radius 2 is 1.63 bits per heavy atom. The Kier molecular flexibility index (Phi) is 16.7. The Balaban J connectivity index is 1.43. The maximum atomic E-state index is 15.2. The number of alkyl carbamates (subject to hydrolysis) is 1. The number of hydrogen-bond acceptors (Lipinski definition) is 19. The minimum absolute atomic E-state index is 0.0521. The number of fused-ring (bicyclic) bond motifs is 5. The predicted octanol–water partition coefficient (Wildman–Crippen LogP) is 5.41. The van der Waals surface area contributed by atoms with Crippen molar-refractivity contribution >= 4 is 57.5 Å². The fourth-order valence-corrected chi connectivity index (χ4v) is 12.1. The maximum absolute atomic E-state index is 15.2. The van der Waals surface area contributed by atoms with Crippen molar-refractivity contribution in [3.63, 3.8) is 0 Å². The van der Waals surface area contributed by atoms with Crippen LogP contribution in [0.3, 0.4) is 0 Å². The SMILES string of the molecule is [3H]CCNCCSSCCOC(=O)OC(C(=O)O[C@H]1C[C@@]2(O)C(OC(=O)c3ccccc3)C3[C@](C)(C(=O)[C@H](O)C(=C1C)C2(C)C)[C@@H](O)C[C@H]1OC[C@@]31OC(C)=O)[C@@H](NC(=O)OC(C)(C)C)c1ccccc1. The van der Waals surface area contributed by atoms with E-state index in [9.17, 15) is 34.5 Å². The van der Waals surface area contributed by atoms with E-state index in [1.807, 2.05) is 0 Å². The highest BCUT2D eigenvalue weighted by molar-refractivity contribution is 8.76. The number of carbonyl (C=O) groups is 6. The molecule has 1 aliphatic heterocycles. The van der Waals surface area contributed by atoms with E-state index in [-0.39, 0.29) is 48.8 Å². The third kappa shape index (κ3) is 11.0. The number of ether oxygens (including phenoxy) is 7. The molecular formula is C50H66N2O16S2. The van der Waals surface area contributed by atoms with Gasteiger partial charge in [0.25, 0.3) is 0 Å². The summed E-state index contributed by atoms with van der Waals surface area (Å²) in [6.45, 7) is 13.0. The molecule has 3 unspecified atom stereocenters. The second-order valence-electron chi connectivity index (χ2n) is 19.7. The lowest BCUT2D eigenvalue weighted by Gasteiger charge is -2.67. The van der Waals surface area contributed by atoms with Gasteiger partial charge in [0.15, 0.2) is 11.4 Å². The predicted molar refractivity (Wildman–Crippen MR) is 257 cm³/mol. The zero-order valence-electron chi connectivity index (χ0n) is 41.7. The van der Waals surface area contributed by atoms with Gasteiger partial charge in [-0.05, 0) is 70.0 Å². The molecule has 0 spiro atoms. The van der Waals surface area contributed by atoms with Crippen molar-refractivity contribution in [1.29, 1.82) is 0 Å². The molecule has 3 fully saturated rings. The number of aliphatic hydroxyl groups excluding tert-OH is 2. The third-order valence-corrected chi connectivity index (χ3v) is 16.1. The van der Waals surface area contributed by atoms with Gasteiger partial charge in [-0.3, -0.25) is 9.59 Å². The molecule has 0 aromatic heterocycles. The van der Waals surface area contributed by atoms with Crippen LogP contribution in [0, 0.1) is 16.7 Å². The summed E-state index contributed by atoms with van der Waals surface area (Å²) in [7, 11) is 2.95. The van der Waals surface area contributed by atoms with Crippen LogP contribution in [0.5, 0.6) is 0 Å². The molecule has 18 nitrogen and oxygen atoms in total. The lowest BCUT2D eigenvalue weighted by Crippen LogP contribution is -2.81. The lowest BCUT2D eigenvalue weighted by molar-refractivity contribution is -0.346. The van der Waals surface area contributed by atoms with Crippen LogP contribution in [-0.2, 0) is 47.5 Å². The summed E-state index contributed by atoms with van der Waals surface area (Å²) in [5.74, 6) is -4.46. The van der Waals surface area contributed by atoms with Gasteiger partial charge in [0.05, 0.1) is 29.6 Å². The molecule has 384 valence electrons. The fraction of sp³-hybridized carbons (Fsp3) is 0.600. The van der Waals surface area contributed by atoms with E-state index < -0.39 is 119 Å².